The van der Waals surface area contributed by atoms with Gasteiger partial charge in [0.25, 0.3) is 0 Å². The maximum atomic E-state index is 6.03. The summed E-state index contributed by atoms with van der Waals surface area (Å²) in [6.45, 7) is 41.9. The molecule has 5 nitrogen and oxygen atoms in total. The van der Waals surface area contributed by atoms with Crippen LogP contribution in [0.3, 0.4) is 0 Å². The Labute approximate surface area is 413 Å². The van der Waals surface area contributed by atoms with E-state index in [0.29, 0.717) is 47.3 Å². The first kappa shape index (κ1) is 51.0. The maximum Gasteiger partial charge on any atom is 0.167 e. The minimum atomic E-state index is -1.21. The van der Waals surface area contributed by atoms with Crippen molar-refractivity contribution in [2.24, 2.45) is 4.99 Å². The molecule has 2 fully saturated rings. The van der Waals surface area contributed by atoms with E-state index >= 15 is 0 Å². The van der Waals surface area contributed by atoms with E-state index in [1.54, 1.807) is 0 Å². The first-order valence-corrected chi connectivity index (χ1v) is 29.4. The monoisotopic (exact) mass is 954 g/mol. The van der Waals surface area contributed by atoms with E-state index in [0.717, 1.165) is 31.9 Å². The van der Waals surface area contributed by atoms with Crippen molar-refractivity contribution in [3.63, 3.8) is 0 Å². The summed E-state index contributed by atoms with van der Waals surface area (Å²) in [6.07, 6.45) is 0. The van der Waals surface area contributed by atoms with E-state index in [-0.39, 0.29) is 0 Å². The zero-order valence-electron chi connectivity index (χ0n) is 43.8. The Kier molecular flexibility index (Phi) is 16.7. The first-order chi connectivity index (χ1) is 31.9. The van der Waals surface area contributed by atoms with Gasteiger partial charge in [0.1, 0.15) is 4.78 Å². The van der Waals surface area contributed by atoms with Gasteiger partial charge in [-0.3, -0.25) is 0 Å². The second-order valence-corrected chi connectivity index (χ2v) is 27.1. The molecule has 5 aromatic carbocycles. The molecule has 0 N–H and O–H groups in total. The molecule has 0 aromatic heterocycles. The van der Waals surface area contributed by atoms with E-state index in [1.807, 2.05) is 0 Å². The molecule has 7 rings (SSSR count). The van der Waals surface area contributed by atoms with E-state index in [2.05, 4.69) is 244 Å². The lowest BCUT2D eigenvalue weighted by atomic mass is 9.92. The Morgan fingerprint density at radius 1 is 0.358 bits per heavy atom. The van der Waals surface area contributed by atoms with Gasteiger partial charge in [0.2, 0.25) is 0 Å². The lowest BCUT2D eigenvalue weighted by Gasteiger charge is -2.40. The summed E-state index contributed by atoms with van der Waals surface area (Å²) in [4.78, 5) is 7.25. The minimum absolute atomic E-state index is 0.366. The summed E-state index contributed by atoms with van der Waals surface area (Å²) >= 11 is 2.10. The van der Waals surface area contributed by atoms with Gasteiger partial charge < -0.3 is 18.7 Å². The van der Waals surface area contributed by atoms with Crippen molar-refractivity contribution in [1.29, 1.82) is 0 Å². The van der Waals surface area contributed by atoms with Gasteiger partial charge in [0, 0.05) is 48.9 Å². The Morgan fingerprint density at radius 3 is 0.881 bits per heavy atom. The minimum Gasteiger partial charge on any atom is -0.326 e. The average Bonchev–Trinajstić information content (AvgIpc) is 3.92. The molecule has 2 saturated heterocycles. The van der Waals surface area contributed by atoms with Gasteiger partial charge in [-0.05, 0) is 115 Å². The van der Waals surface area contributed by atoms with E-state index in [1.165, 1.54) is 72.0 Å². The smallest absolute Gasteiger partial charge is 0.167 e. The molecule has 2 aliphatic heterocycles. The van der Waals surface area contributed by atoms with E-state index in [4.69, 9.17) is 4.99 Å². The molecule has 0 aliphatic carbocycles. The lowest BCUT2D eigenvalue weighted by Crippen LogP contribution is -2.25. The highest BCUT2D eigenvalue weighted by Crippen LogP contribution is 2.71. The van der Waals surface area contributed by atoms with Crippen LogP contribution in [0.4, 0.5) is 28.4 Å². The average molecular weight is 954 g/mol. The largest absolute Gasteiger partial charge is 0.326 e. The maximum absolute atomic E-state index is 6.03. The van der Waals surface area contributed by atoms with Gasteiger partial charge in [-0.25, -0.2) is 4.99 Å². The van der Waals surface area contributed by atoms with Crippen LogP contribution in [0.15, 0.2) is 108 Å². The van der Waals surface area contributed by atoms with Crippen molar-refractivity contribution in [1.82, 2.24) is 0 Å². The Morgan fingerprint density at radius 2 is 0.612 bits per heavy atom. The van der Waals surface area contributed by atoms with Crippen molar-refractivity contribution in [3.8, 4) is 0 Å². The highest BCUT2D eigenvalue weighted by atomic mass is 32.7. The highest BCUT2D eigenvalue weighted by Gasteiger charge is 2.46. The molecular weight excluding hydrogens is 873 g/mol. The van der Waals surface area contributed by atoms with Gasteiger partial charge in [0.05, 0.1) is 5.69 Å². The Balaban J connectivity index is 1.58. The van der Waals surface area contributed by atoms with Crippen LogP contribution in [0.5, 0.6) is 0 Å². The van der Waals surface area contributed by atoms with Gasteiger partial charge >= 0.3 is 0 Å². The third kappa shape index (κ3) is 10.5. The molecule has 67 heavy (non-hydrogen) atoms. The molecule has 0 saturated carbocycles. The van der Waals surface area contributed by atoms with Crippen molar-refractivity contribution < 1.29 is 0 Å². The zero-order chi connectivity index (χ0) is 48.4. The SMILES string of the molecule is CC(C)c1cccc(C(C)C)c1N1CCN(c2c(C(C)C)cccc2C(C)C)P1SC(=Nc1ccccc1)P1N(c2c(C(C)C)cccc2C(C)C)CCN1c1c(C(C)C)cccc1C(C)C. The molecule has 8 heteroatoms. The van der Waals surface area contributed by atoms with Crippen molar-refractivity contribution >= 4 is 60.3 Å². The van der Waals surface area contributed by atoms with Crippen LogP contribution >= 0.6 is 27.0 Å². The van der Waals surface area contributed by atoms with Crippen molar-refractivity contribution in [2.75, 3.05) is 44.9 Å². The molecule has 0 atom stereocenters. The third-order valence-electron chi connectivity index (χ3n) is 13.6. The summed E-state index contributed by atoms with van der Waals surface area (Å²) in [5.74, 6) is 2.98. The molecule has 5 aromatic rings. The summed E-state index contributed by atoms with van der Waals surface area (Å²) in [5, 5.41) is 0. The summed E-state index contributed by atoms with van der Waals surface area (Å²) < 4.78 is 11.5. The first-order valence-electron chi connectivity index (χ1n) is 25.5. The summed E-state index contributed by atoms with van der Waals surface area (Å²) in [5.41, 5.74) is 18.2. The topological polar surface area (TPSA) is 25.3 Å². The molecule has 2 heterocycles. The van der Waals surface area contributed by atoms with Crippen molar-refractivity contribution in [2.45, 2.75) is 158 Å². The van der Waals surface area contributed by atoms with Gasteiger partial charge in [-0.1, -0.05) is 202 Å². The fraction of sp³-hybridized carbons (Fsp3) is 0.475. The number of nitrogens with zero attached hydrogens (tertiary/aromatic N) is 5. The van der Waals surface area contributed by atoms with Crippen LogP contribution in [0.2, 0.25) is 0 Å². The molecule has 0 radical (unpaired) electrons. The summed E-state index contributed by atoms with van der Waals surface area (Å²) in [6, 6.07) is 39.4. The molecule has 0 spiro atoms. The highest BCUT2D eigenvalue weighted by molar-refractivity contribution is 8.67. The predicted molar refractivity (Wildman–Crippen MR) is 303 cm³/mol. The molecule has 358 valence electrons. The fourth-order valence-corrected chi connectivity index (χ4v) is 18.8. The fourth-order valence-electron chi connectivity index (χ4n) is 10.1. The molecule has 0 amide bonds. The van der Waals surface area contributed by atoms with E-state index in [9.17, 15) is 0 Å². The van der Waals surface area contributed by atoms with Gasteiger partial charge in [-0.15, -0.1) is 0 Å². The van der Waals surface area contributed by atoms with Crippen molar-refractivity contribution in [3.05, 3.63) is 148 Å². The zero-order valence-corrected chi connectivity index (χ0v) is 46.4. The van der Waals surface area contributed by atoms with Crippen LogP contribution in [0.1, 0.15) is 203 Å². The Hall–Kier alpha value is -3.82. The lowest BCUT2D eigenvalue weighted by molar-refractivity contribution is 0.821. The van der Waals surface area contributed by atoms with Crippen LogP contribution in [-0.2, 0) is 0 Å². The standard InChI is InChI=1S/C59H81N5P2S/c1-38(2)47-26-20-27-48(39(3)4)55(47)61-34-35-62(56-49(40(5)6)28-21-29-50(56)41(7)8)65(61)59(60-46-24-18-17-19-25-46)67-66-63(57-51(42(9)10)30-22-31-52(57)43(11)12)36-37-64(66)58-53(44(13)14)32-23-33-54(58)45(15)16/h17-33,38-45H,34-37H2,1-16H3. The third-order valence-corrected chi connectivity index (χ3v) is 21.2. The number of hydrogen-bond donors (Lipinski definition) is 0. The van der Waals surface area contributed by atoms with Gasteiger partial charge in [-0.2, -0.15) is 0 Å². The van der Waals surface area contributed by atoms with Crippen LogP contribution < -0.4 is 18.7 Å². The predicted octanol–water partition coefficient (Wildman–Crippen LogP) is 19.0. The number of anilines is 4. The number of para-hydroxylation sites is 5. The van der Waals surface area contributed by atoms with Gasteiger partial charge in [0.15, 0.2) is 15.6 Å². The van der Waals surface area contributed by atoms with Crippen LogP contribution in [-0.4, -0.2) is 31.0 Å². The van der Waals surface area contributed by atoms with E-state index < -0.39 is 15.6 Å². The van der Waals surface area contributed by atoms with Crippen LogP contribution in [0.25, 0.3) is 0 Å². The van der Waals surface area contributed by atoms with Crippen LogP contribution in [0, 0.1) is 0 Å². The molecular formula is C59H81N5P2S. The number of hydrogen-bond acceptors (Lipinski definition) is 6. The quantitative estimate of drug-likeness (QED) is 0.0592. The number of rotatable bonds is 15. The number of benzene rings is 5. The summed E-state index contributed by atoms with van der Waals surface area (Å²) in [7, 11) is -2.29. The second kappa shape index (κ2) is 21.9. The molecule has 0 bridgehead atoms. The normalized spacial score (nSPS) is 15.6. The second-order valence-electron chi connectivity index (χ2n) is 21.2. The Bertz CT molecular complexity index is 2240. The number of aliphatic imine (C=N–C) groups is 1. The molecule has 2 aliphatic rings. The molecule has 0 unspecified atom stereocenters.